The van der Waals surface area contributed by atoms with Crippen LogP contribution in [-0.2, 0) is 4.74 Å². The number of piperidine rings is 1. The molecule has 2 aromatic rings. The Balaban J connectivity index is 1.02. The Morgan fingerprint density at radius 1 is 0.943 bits per heavy atom. The molecule has 3 aliphatic heterocycles. The van der Waals surface area contributed by atoms with E-state index in [0.29, 0.717) is 38.3 Å². The molecular formula is C29H40N4O2. The number of morpholine rings is 1. The van der Waals surface area contributed by atoms with Crippen LogP contribution in [0, 0.1) is 6.92 Å². The molecule has 5 rings (SSSR count). The molecular weight excluding hydrogens is 436 g/mol. The lowest BCUT2D eigenvalue weighted by Crippen LogP contribution is -2.44. The van der Waals surface area contributed by atoms with Gasteiger partial charge < -0.3 is 24.8 Å². The van der Waals surface area contributed by atoms with Crippen molar-refractivity contribution in [1.82, 2.24) is 15.1 Å². The highest BCUT2D eigenvalue weighted by molar-refractivity contribution is 5.94. The summed E-state index contributed by atoms with van der Waals surface area (Å²) in [4.78, 5) is 19.6. The molecule has 0 unspecified atom stereocenters. The molecule has 1 amide bonds. The summed E-state index contributed by atoms with van der Waals surface area (Å²) < 4.78 is 5.36. The van der Waals surface area contributed by atoms with Crippen molar-refractivity contribution >= 4 is 11.6 Å². The Morgan fingerprint density at radius 2 is 1.69 bits per heavy atom. The summed E-state index contributed by atoms with van der Waals surface area (Å²) in [6.45, 7) is 11.6. The van der Waals surface area contributed by atoms with Crippen LogP contribution in [0.1, 0.15) is 46.7 Å². The van der Waals surface area contributed by atoms with Gasteiger partial charge in [0.15, 0.2) is 0 Å². The van der Waals surface area contributed by atoms with Gasteiger partial charge in [-0.05, 0) is 74.0 Å². The average Bonchev–Trinajstić information content (AvgIpc) is 3.38. The highest BCUT2D eigenvalue weighted by atomic mass is 16.5. The molecule has 0 radical (unpaired) electrons. The number of benzene rings is 2. The molecule has 3 aliphatic rings. The fraction of sp³-hybridized carbons (Fsp3) is 0.552. The van der Waals surface area contributed by atoms with Crippen LogP contribution in [-0.4, -0.2) is 87.3 Å². The predicted octanol–water partition coefficient (Wildman–Crippen LogP) is 3.52. The summed E-state index contributed by atoms with van der Waals surface area (Å²) >= 11 is 0. The quantitative estimate of drug-likeness (QED) is 0.663. The maximum atomic E-state index is 12.7. The van der Waals surface area contributed by atoms with E-state index in [1.54, 1.807) is 0 Å². The second-order valence-electron chi connectivity index (χ2n) is 10.3. The van der Waals surface area contributed by atoms with E-state index in [4.69, 9.17) is 4.74 Å². The first kappa shape index (κ1) is 24.3. The summed E-state index contributed by atoms with van der Waals surface area (Å²) in [7, 11) is 0. The summed E-state index contributed by atoms with van der Waals surface area (Å²) in [5, 5.41) is 3.82. The highest BCUT2D eigenvalue weighted by Crippen LogP contribution is 2.29. The second kappa shape index (κ2) is 11.5. The topological polar surface area (TPSA) is 48.0 Å². The molecule has 2 aromatic carbocycles. The Labute approximate surface area is 210 Å². The number of ether oxygens (including phenoxy) is 1. The molecule has 3 saturated heterocycles. The molecule has 1 atom stereocenters. The van der Waals surface area contributed by atoms with E-state index >= 15 is 0 Å². The molecule has 35 heavy (non-hydrogen) atoms. The number of anilines is 1. The third kappa shape index (κ3) is 6.05. The van der Waals surface area contributed by atoms with E-state index < -0.39 is 0 Å². The van der Waals surface area contributed by atoms with Crippen LogP contribution < -0.4 is 10.2 Å². The fourth-order valence-electron chi connectivity index (χ4n) is 5.87. The number of nitrogens with one attached hydrogen (secondary N) is 1. The van der Waals surface area contributed by atoms with Crippen molar-refractivity contribution in [3.05, 3.63) is 65.2 Å². The zero-order valence-corrected chi connectivity index (χ0v) is 21.1. The van der Waals surface area contributed by atoms with Crippen LogP contribution in [0.2, 0.25) is 0 Å². The van der Waals surface area contributed by atoms with Gasteiger partial charge in [0, 0.05) is 63.1 Å². The van der Waals surface area contributed by atoms with Crippen LogP contribution in [0.4, 0.5) is 5.69 Å². The van der Waals surface area contributed by atoms with E-state index in [1.165, 1.54) is 49.2 Å². The van der Waals surface area contributed by atoms with Crippen molar-refractivity contribution in [3.8, 4) is 0 Å². The molecule has 0 spiro atoms. The molecule has 0 aliphatic carbocycles. The van der Waals surface area contributed by atoms with Crippen LogP contribution in [0.5, 0.6) is 0 Å². The number of nitrogens with zero attached hydrogens (tertiary/aromatic N) is 3. The zero-order valence-electron chi connectivity index (χ0n) is 21.1. The van der Waals surface area contributed by atoms with Gasteiger partial charge in [-0.1, -0.05) is 24.3 Å². The van der Waals surface area contributed by atoms with Gasteiger partial charge in [0.1, 0.15) is 0 Å². The van der Waals surface area contributed by atoms with Gasteiger partial charge in [-0.15, -0.1) is 0 Å². The molecule has 3 fully saturated rings. The summed E-state index contributed by atoms with van der Waals surface area (Å²) in [6, 6.07) is 17.7. The van der Waals surface area contributed by atoms with Crippen molar-refractivity contribution in [2.24, 2.45) is 0 Å². The smallest absolute Gasteiger partial charge is 0.254 e. The van der Waals surface area contributed by atoms with Crippen molar-refractivity contribution < 1.29 is 9.53 Å². The molecule has 1 N–H and O–H groups in total. The Hall–Kier alpha value is -2.41. The number of carbonyl (C=O) groups excluding carboxylic acids is 1. The van der Waals surface area contributed by atoms with Crippen LogP contribution in [0.25, 0.3) is 0 Å². The summed E-state index contributed by atoms with van der Waals surface area (Å²) in [5.41, 5.74) is 4.97. The number of amides is 1. The maximum absolute atomic E-state index is 12.7. The van der Waals surface area contributed by atoms with E-state index in [1.807, 2.05) is 17.0 Å². The Bertz CT molecular complexity index is 965. The molecule has 6 nitrogen and oxygen atoms in total. The van der Waals surface area contributed by atoms with E-state index in [0.717, 1.165) is 31.7 Å². The zero-order chi connectivity index (χ0) is 24.0. The van der Waals surface area contributed by atoms with E-state index in [2.05, 4.69) is 58.4 Å². The normalized spacial score (nSPS) is 22.0. The highest BCUT2D eigenvalue weighted by Gasteiger charge is 2.25. The van der Waals surface area contributed by atoms with Gasteiger partial charge in [-0.25, -0.2) is 0 Å². The van der Waals surface area contributed by atoms with Gasteiger partial charge in [-0.2, -0.15) is 0 Å². The average molecular weight is 477 g/mol. The van der Waals surface area contributed by atoms with Gasteiger partial charge in [0.05, 0.1) is 13.2 Å². The first-order valence-electron chi connectivity index (χ1n) is 13.4. The molecule has 6 heteroatoms. The van der Waals surface area contributed by atoms with E-state index in [-0.39, 0.29) is 5.91 Å². The minimum atomic E-state index is 0.117. The van der Waals surface area contributed by atoms with Crippen molar-refractivity contribution in [1.29, 1.82) is 0 Å². The predicted molar refractivity (Wildman–Crippen MR) is 141 cm³/mol. The lowest BCUT2D eigenvalue weighted by Gasteiger charge is -2.34. The second-order valence-corrected chi connectivity index (χ2v) is 10.3. The maximum Gasteiger partial charge on any atom is 0.254 e. The minimum Gasteiger partial charge on any atom is -0.378 e. The number of aryl methyl sites for hydroxylation is 1. The number of likely N-dealkylation sites (tertiary alicyclic amines) is 1. The number of hydrogen-bond acceptors (Lipinski definition) is 5. The number of rotatable bonds is 7. The molecule has 188 valence electrons. The first-order valence-corrected chi connectivity index (χ1v) is 13.4. The first-order chi connectivity index (χ1) is 17.2. The largest absolute Gasteiger partial charge is 0.378 e. The number of carbonyl (C=O) groups is 1. The van der Waals surface area contributed by atoms with Crippen LogP contribution in [0.3, 0.4) is 0 Å². The fourth-order valence-corrected chi connectivity index (χ4v) is 5.87. The monoisotopic (exact) mass is 476 g/mol. The van der Waals surface area contributed by atoms with Gasteiger partial charge in [0.2, 0.25) is 0 Å². The third-order valence-electron chi connectivity index (χ3n) is 8.03. The number of hydrogen-bond donors (Lipinski definition) is 1. The molecule has 0 bridgehead atoms. The van der Waals surface area contributed by atoms with Crippen molar-refractivity contribution in [3.63, 3.8) is 0 Å². The van der Waals surface area contributed by atoms with Gasteiger partial charge in [0.25, 0.3) is 5.91 Å². The van der Waals surface area contributed by atoms with Crippen LogP contribution in [0.15, 0.2) is 48.5 Å². The SMILES string of the molecule is Cc1ccccc1[C@H]1CCN(CCNC2CCN(c3ccc(C(=O)N4CCOCC4)cc3)CC2)C1. The van der Waals surface area contributed by atoms with Gasteiger partial charge in [-0.3, -0.25) is 4.79 Å². The Kier molecular flexibility index (Phi) is 8.02. The van der Waals surface area contributed by atoms with Crippen molar-refractivity contribution in [2.45, 2.75) is 38.1 Å². The third-order valence-corrected chi connectivity index (χ3v) is 8.03. The minimum absolute atomic E-state index is 0.117. The summed E-state index contributed by atoms with van der Waals surface area (Å²) in [5.74, 6) is 0.806. The van der Waals surface area contributed by atoms with Crippen molar-refractivity contribution in [2.75, 3.05) is 70.5 Å². The lowest BCUT2D eigenvalue weighted by molar-refractivity contribution is 0.0303. The lowest BCUT2D eigenvalue weighted by atomic mass is 9.94. The van der Waals surface area contributed by atoms with Gasteiger partial charge >= 0.3 is 0 Å². The molecule has 3 heterocycles. The van der Waals surface area contributed by atoms with E-state index in [9.17, 15) is 4.79 Å². The molecule has 0 aromatic heterocycles. The summed E-state index contributed by atoms with van der Waals surface area (Å²) in [6.07, 6.45) is 3.61. The van der Waals surface area contributed by atoms with Crippen LogP contribution >= 0.6 is 0 Å². The molecule has 0 saturated carbocycles. The Morgan fingerprint density at radius 3 is 2.43 bits per heavy atom. The standard InChI is InChI=1S/C29H40N4O2/c1-23-4-2-3-5-28(23)25-10-14-31(22-25)17-13-30-26-11-15-32(16-12-26)27-8-6-24(7-9-27)29(34)33-18-20-35-21-19-33/h2-9,25-26,30H,10-22H2,1H3/t25-/m0/s1.